The molecule has 106 valence electrons. The van der Waals surface area contributed by atoms with Crippen LogP contribution in [0.2, 0.25) is 0 Å². The van der Waals surface area contributed by atoms with Gasteiger partial charge in [0, 0.05) is 17.8 Å². The highest BCUT2D eigenvalue weighted by molar-refractivity contribution is 5.95. The predicted molar refractivity (Wildman–Crippen MR) is 77.1 cm³/mol. The van der Waals surface area contributed by atoms with E-state index in [0.717, 1.165) is 0 Å². The van der Waals surface area contributed by atoms with Crippen LogP contribution in [-0.4, -0.2) is 24.6 Å². The molecule has 0 bridgehead atoms. The zero-order valence-electron chi connectivity index (χ0n) is 11.2. The molecule has 0 aliphatic carbocycles. The number of carbonyl (C=O) groups is 2. The summed E-state index contributed by atoms with van der Waals surface area (Å²) in [5.74, 6) is 1.98. The highest BCUT2D eigenvalue weighted by Crippen LogP contribution is 2.14. The van der Waals surface area contributed by atoms with E-state index in [1.165, 1.54) is 0 Å². The number of amides is 2. The minimum absolute atomic E-state index is 0.175. The van der Waals surface area contributed by atoms with Crippen LogP contribution in [0.4, 0.5) is 16.2 Å². The smallest absolute Gasteiger partial charge is 0.411 e. The molecule has 1 aromatic rings. The molecule has 0 aromatic heterocycles. The highest BCUT2D eigenvalue weighted by atomic mass is 16.5. The molecule has 0 spiro atoms. The van der Waals surface area contributed by atoms with Crippen molar-refractivity contribution in [1.82, 2.24) is 0 Å². The molecule has 2 amide bonds. The lowest BCUT2D eigenvalue weighted by molar-refractivity contribution is -0.117. The Morgan fingerprint density at radius 1 is 1.30 bits per heavy atom. The van der Waals surface area contributed by atoms with Gasteiger partial charge in [0.1, 0.15) is 0 Å². The summed E-state index contributed by atoms with van der Waals surface area (Å²) in [5, 5.41) is 5.17. The molecule has 0 saturated heterocycles. The number of hydrogen-bond acceptors (Lipinski definition) is 4. The molecule has 0 aliphatic rings. The fourth-order valence-corrected chi connectivity index (χ4v) is 1.38. The summed E-state index contributed by atoms with van der Waals surface area (Å²) in [7, 11) is 0. The first kappa shape index (κ1) is 15.5. The first-order valence-electron chi connectivity index (χ1n) is 6.10. The van der Waals surface area contributed by atoms with Crippen molar-refractivity contribution in [3.05, 3.63) is 24.3 Å². The van der Waals surface area contributed by atoms with Crippen molar-refractivity contribution in [3.63, 3.8) is 0 Å². The number of benzene rings is 1. The molecular weight excluding hydrogens is 258 g/mol. The molecule has 0 radical (unpaired) electrons. The van der Waals surface area contributed by atoms with E-state index in [9.17, 15) is 9.59 Å². The molecule has 0 heterocycles. The van der Waals surface area contributed by atoms with Gasteiger partial charge in [-0.3, -0.25) is 10.1 Å². The third kappa shape index (κ3) is 5.00. The third-order valence-electron chi connectivity index (χ3n) is 2.35. The van der Waals surface area contributed by atoms with Gasteiger partial charge in [-0.25, -0.2) is 4.79 Å². The van der Waals surface area contributed by atoms with Crippen LogP contribution in [0.15, 0.2) is 24.3 Å². The van der Waals surface area contributed by atoms with Gasteiger partial charge in [-0.1, -0.05) is 0 Å². The number of nitrogens with two attached hydrogens (primary N) is 1. The molecule has 1 unspecified atom stereocenters. The largest absolute Gasteiger partial charge is 0.450 e. The normalized spacial score (nSPS) is 11.1. The van der Waals surface area contributed by atoms with E-state index >= 15 is 0 Å². The van der Waals surface area contributed by atoms with E-state index < -0.39 is 12.1 Å². The Kier molecular flexibility index (Phi) is 6.07. The van der Waals surface area contributed by atoms with Crippen LogP contribution in [0.3, 0.4) is 0 Å². The van der Waals surface area contributed by atoms with E-state index in [4.69, 9.17) is 16.9 Å². The number of rotatable bonds is 5. The second-order valence-corrected chi connectivity index (χ2v) is 3.93. The molecule has 6 nitrogen and oxygen atoms in total. The molecule has 20 heavy (non-hydrogen) atoms. The van der Waals surface area contributed by atoms with Gasteiger partial charge in [0.05, 0.1) is 12.6 Å². The quantitative estimate of drug-likeness (QED) is 0.711. The van der Waals surface area contributed by atoms with E-state index in [-0.39, 0.29) is 12.3 Å². The highest BCUT2D eigenvalue weighted by Gasteiger charge is 2.12. The molecule has 0 fully saturated rings. The van der Waals surface area contributed by atoms with Crippen LogP contribution < -0.4 is 16.4 Å². The maximum Gasteiger partial charge on any atom is 0.411 e. The monoisotopic (exact) mass is 275 g/mol. The Morgan fingerprint density at radius 3 is 2.35 bits per heavy atom. The van der Waals surface area contributed by atoms with Crippen LogP contribution in [-0.2, 0) is 9.53 Å². The Balaban J connectivity index is 2.56. The van der Waals surface area contributed by atoms with Crippen molar-refractivity contribution in [2.45, 2.75) is 19.4 Å². The fourth-order valence-electron chi connectivity index (χ4n) is 1.38. The summed E-state index contributed by atoms with van der Waals surface area (Å²) in [4.78, 5) is 22.8. The first-order chi connectivity index (χ1) is 9.56. The lowest BCUT2D eigenvalue weighted by Crippen LogP contribution is -2.35. The maximum absolute atomic E-state index is 11.6. The van der Waals surface area contributed by atoms with Crippen LogP contribution in [0, 0.1) is 12.3 Å². The minimum Gasteiger partial charge on any atom is -0.450 e. The van der Waals surface area contributed by atoms with E-state index in [0.29, 0.717) is 18.0 Å². The summed E-state index contributed by atoms with van der Waals surface area (Å²) < 4.78 is 4.74. The zero-order chi connectivity index (χ0) is 15.0. The molecule has 0 aliphatic heterocycles. The van der Waals surface area contributed by atoms with Gasteiger partial charge in [0.2, 0.25) is 5.91 Å². The van der Waals surface area contributed by atoms with E-state index in [1.54, 1.807) is 31.2 Å². The molecule has 6 heteroatoms. The topological polar surface area (TPSA) is 93.5 Å². The van der Waals surface area contributed by atoms with Gasteiger partial charge >= 0.3 is 6.09 Å². The van der Waals surface area contributed by atoms with Crippen molar-refractivity contribution in [2.24, 2.45) is 5.73 Å². The van der Waals surface area contributed by atoms with Gasteiger partial charge in [-0.2, -0.15) is 0 Å². The Labute approximate surface area is 117 Å². The molecule has 1 aromatic carbocycles. The molecule has 4 N–H and O–H groups in total. The summed E-state index contributed by atoms with van der Waals surface area (Å²) >= 11 is 0. The SMILES string of the molecule is C#CCC(N)C(=O)Nc1ccc(NC(=O)OCC)cc1. The van der Waals surface area contributed by atoms with Gasteiger partial charge < -0.3 is 15.8 Å². The zero-order valence-corrected chi connectivity index (χ0v) is 11.2. The predicted octanol–water partition coefficient (Wildman–Crippen LogP) is 1.54. The lowest BCUT2D eigenvalue weighted by atomic mass is 10.2. The Morgan fingerprint density at radius 2 is 1.85 bits per heavy atom. The second-order valence-electron chi connectivity index (χ2n) is 3.93. The standard InChI is InChI=1S/C14H17N3O3/c1-3-5-12(15)13(18)16-10-6-8-11(9-7-10)17-14(19)20-4-2/h1,6-9,12H,4-5,15H2,2H3,(H,16,18)(H,17,19). The van der Waals surface area contributed by atoms with Gasteiger partial charge in [0.15, 0.2) is 0 Å². The van der Waals surface area contributed by atoms with Crippen molar-refractivity contribution in [2.75, 3.05) is 17.2 Å². The lowest BCUT2D eigenvalue weighted by Gasteiger charge is -2.10. The minimum atomic E-state index is -0.739. The number of anilines is 2. The van der Waals surface area contributed by atoms with Crippen LogP contribution >= 0.6 is 0 Å². The number of terminal acetylenes is 1. The second kappa shape index (κ2) is 7.81. The van der Waals surface area contributed by atoms with Crippen LogP contribution in [0.1, 0.15) is 13.3 Å². The van der Waals surface area contributed by atoms with Gasteiger partial charge in [-0.15, -0.1) is 12.3 Å². The summed E-state index contributed by atoms with van der Waals surface area (Å²) in [6.45, 7) is 2.02. The van der Waals surface area contributed by atoms with Crippen LogP contribution in [0.5, 0.6) is 0 Å². The van der Waals surface area contributed by atoms with E-state index in [2.05, 4.69) is 16.6 Å². The molecular formula is C14H17N3O3. The molecule has 1 atom stereocenters. The van der Waals surface area contributed by atoms with Gasteiger partial charge in [0.25, 0.3) is 0 Å². The summed E-state index contributed by atoms with van der Waals surface area (Å²) in [5.41, 5.74) is 6.71. The first-order valence-corrected chi connectivity index (χ1v) is 6.10. The Hall–Kier alpha value is -2.52. The summed E-state index contributed by atoms with van der Waals surface area (Å²) in [6, 6.07) is 5.82. The average molecular weight is 275 g/mol. The van der Waals surface area contributed by atoms with Crippen molar-refractivity contribution in [1.29, 1.82) is 0 Å². The van der Waals surface area contributed by atoms with Gasteiger partial charge in [-0.05, 0) is 31.2 Å². The van der Waals surface area contributed by atoms with Crippen molar-refractivity contribution in [3.8, 4) is 12.3 Å². The number of hydrogen-bond donors (Lipinski definition) is 3. The number of nitrogens with one attached hydrogen (secondary N) is 2. The Bertz CT molecular complexity index is 505. The molecule has 0 saturated carbocycles. The average Bonchev–Trinajstić information content (AvgIpc) is 2.41. The van der Waals surface area contributed by atoms with Crippen LogP contribution in [0.25, 0.3) is 0 Å². The van der Waals surface area contributed by atoms with E-state index in [1.807, 2.05) is 0 Å². The number of carbonyl (C=O) groups excluding carboxylic acids is 2. The maximum atomic E-state index is 11.6. The fraction of sp³-hybridized carbons (Fsp3) is 0.286. The van der Waals surface area contributed by atoms with Crippen molar-refractivity contribution < 1.29 is 14.3 Å². The number of ether oxygens (including phenoxy) is 1. The van der Waals surface area contributed by atoms with Crippen molar-refractivity contribution >= 4 is 23.4 Å². The molecule has 1 rings (SSSR count). The third-order valence-corrected chi connectivity index (χ3v) is 2.35. The summed E-state index contributed by atoms with van der Waals surface area (Å²) in [6.07, 6.45) is 4.74.